The molecular formula is C10H6Cl4. The van der Waals surface area contributed by atoms with E-state index in [0.29, 0.717) is 10.6 Å². The first-order chi connectivity index (χ1) is 6.57. The van der Waals surface area contributed by atoms with Crippen LogP contribution in [0.15, 0.2) is 29.3 Å². The molecule has 0 amide bonds. The number of halogens is 4. The molecule has 0 aliphatic heterocycles. The number of rotatable bonds is 2. The largest absolute Gasteiger partial charge is 0.126 e. The summed E-state index contributed by atoms with van der Waals surface area (Å²) in [5, 5.41) is 0.730. The molecule has 0 fully saturated rings. The zero-order chi connectivity index (χ0) is 10.7. The molecule has 0 nitrogen and oxygen atoms in total. The highest BCUT2D eigenvalue weighted by atomic mass is 35.5. The lowest BCUT2D eigenvalue weighted by molar-refractivity contribution is 1.61. The van der Waals surface area contributed by atoms with Gasteiger partial charge >= 0.3 is 0 Å². The molecule has 0 N–H and O–H groups in total. The van der Waals surface area contributed by atoms with Gasteiger partial charge in [-0.05, 0) is 5.56 Å². The van der Waals surface area contributed by atoms with Crippen molar-refractivity contribution in [2.75, 3.05) is 0 Å². The topological polar surface area (TPSA) is 0 Å². The van der Waals surface area contributed by atoms with Crippen molar-refractivity contribution in [1.29, 1.82) is 0 Å². The van der Waals surface area contributed by atoms with Gasteiger partial charge in [-0.3, -0.25) is 0 Å². The maximum Gasteiger partial charge on any atom is 0.126 e. The van der Waals surface area contributed by atoms with Gasteiger partial charge in [-0.2, -0.15) is 0 Å². The third-order valence-corrected chi connectivity index (χ3v) is 3.04. The Balaban J connectivity index is 3.37. The van der Waals surface area contributed by atoms with Crippen LogP contribution in [-0.4, -0.2) is 0 Å². The highest BCUT2D eigenvalue weighted by molar-refractivity contribution is 6.67. The normalized spacial score (nSPS) is 9.71. The van der Waals surface area contributed by atoms with Gasteiger partial charge in [0.25, 0.3) is 0 Å². The average molecular weight is 268 g/mol. The molecule has 0 spiro atoms. The average Bonchev–Trinajstić information content (AvgIpc) is 2.17. The lowest BCUT2D eigenvalue weighted by Crippen LogP contribution is -1.83. The van der Waals surface area contributed by atoms with Crippen LogP contribution in [0, 0.1) is 0 Å². The lowest BCUT2D eigenvalue weighted by atomic mass is 10.1. The number of benzene rings is 1. The fourth-order valence-electron chi connectivity index (χ4n) is 0.979. The Labute approximate surface area is 103 Å². The van der Waals surface area contributed by atoms with Crippen LogP contribution in [0.3, 0.4) is 0 Å². The molecule has 0 aromatic heterocycles. The van der Waals surface area contributed by atoms with E-state index in [9.17, 15) is 0 Å². The molecule has 1 rings (SSSR count). The quantitative estimate of drug-likeness (QED) is 0.680. The summed E-state index contributed by atoms with van der Waals surface area (Å²) in [6.07, 6.45) is 1.64. The first-order valence-electron chi connectivity index (χ1n) is 3.70. The maximum atomic E-state index is 6.04. The van der Waals surface area contributed by atoms with Crippen LogP contribution in [0.4, 0.5) is 0 Å². The predicted molar refractivity (Wildman–Crippen MR) is 66.0 cm³/mol. The summed E-state index contributed by atoms with van der Waals surface area (Å²) in [4.78, 5) is 0. The van der Waals surface area contributed by atoms with Gasteiger partial charge in [0.1, 0.15) is 4.49 Å². The summed E-state index contributed by atoms with van der Waals surface area (Å²) in [6, 6.07) is 5.37. The summed E-state index contributed by atoms with van der Waals surface area (Å²) < 4.78 is -0.00483. The Morgan fingerprint density at radius 1 is 1.21 bits per heavy atom. The van der Waals surface area contributed by atoms with Crippen LogP contribution in [0.25, 0.3) is 11.1 Å². The zero-order valence-corrected chi connectivity index (χ0v) is 10.1. The van der Waals surface area contributed by atoms with Crippen molar-refractivity contribution >= 4 is 57.5 Å². The van der Waals surface area contributed by atoms with Crippen molar-refractivity contribution in [3.05, 3.63) is 45.4 Å². The maximum absolute atomic E-state index is 6.04. The second-order valence-electron chi connectivity index (χ2n) is 2.49. The Hall–Kier alpha value is -0.140. The minimum atomic E-state index is -0.00483. The molecule has 14 heavy (non-hydrogen) atoms. The predicted octanol–water partition coefficient (Wildman–Crippen LogP) is 5.33. The van der Waals surface area contributed by atoms with Crippen LogP contribution in [0.1, 0.15) is 11.1 Å². The molecule has 0 saturated carbocycles. The van der Waals surface area contributed by atoms with E-state index in [4.69, 9.17) is 46.4 Å². The molecule has 0 heterocycles. The van der Waals surface area contributed by atoms with Gasteiger partial charge in [0.15, 0.2) is 0 Å². The molecule has 0 atom stereocenters. The Morgan fingerprint density at radius 3 is 2.36 bits per heavy atom. The molecule has 0 aliphatic rings. The van der Waals surface area contributed by atoms with Crippen LogP contribution in [0.5, 0.6) is 0 Å². The van der Waals surface area contributed by atoms with Gasteiger partial charge in [-0.15, -0.1) is 0 Å². The number of hydrogen-bond donors (Lipinski definition) is 0. The van der Waals surface area contributed by atoms with Crippen LogP contribution >= 0.6 is 46.4 Å². The van der Waals surface area contributed by atoms with E-state index in [2.05, 4.69) is 6.58 Å². The highest BCUT2D eigenvalue weighted by Crippen LogP contribution is 2.34. The molecule has 74 valence electrons. The minimum absolute atomic E-state index is 0.00483. The fourth-order valence-corrected chi connectivity index (χ4v) is 1.69. The molecule has 4 heteroatoms. The van der Waals surface area contributed by atoms with Gasteiger partial charge in [0, 0.05) is 5.56 Å². The monoisotopic (exact) mass is 266 g/mol. The highest BCUT2D eigenvalue weighted by Gasteiger charge is 2.09. The molecule has 0 unspecified atom stereocenters. The van der Waals surface area contributed by atoms with E-state index in [0.717, 1.165) is 5.56 Å². The molecule has 0 saturated heterocycles. The van der Waals surface area contributed by atoms with Gasteiger partial charge < -0.3 is 0 Å². The van der Waals surface area contributed by atoms with Crippen molar-refractivity contribution in [3.63, 3.8) is 0 Å². The van der Waals surface area contributed by atoms with Crippen molar-refractivity contribution < 1.29 is 0 Å². The van der Waals surface area contributed by atoms with Crippen molar-refractivity contribution in [2.45, 2.75) is 0 Å². The molecule has 1 aromatic carbocycles. The summed E-state index contributed by atoms with van der Waals surface area (Å²) in [6.45, 7) is 3.63. The first kappa shape index (κ1) is 11.9. The standard InChI is InChI=1S/C10H6Cl4/c1-2-6-4-3-5-7(8(6)11)9(12)10(13)14/h2-5H,1H2. The van der Waals surface area contributed by atoms with Gasteiger partial charge in [0.2, 0.25) is 0 Å². The molecule has 0 bridgehead atoms. The third kappa shape index (κ3) is 2.46. The molecule has 1 aromatic rings. The fraction of sp³-hybridized carbons (Fsp3) is 0. The summed E-state index contributed by atoms with van der Waals surface area (Å²) in [5.41, 5.74) is 1.39. The summed E-state index contributed by atoms with van der Waals surface area (Å²) in [5.74, 6) is 0. The number of hydrogen-bond acceptors (Lipinski definition) is 0. The summed E-state index contributed by atoms with van der Waals surface area (Å²) in [7, 11) is 0. The van der Waals surface area contributed by atoms with Gasteiger partial charge in [-0.25, -0.2) is 0 Å². The second-order valence-corrected chi connectivity index (χ2v) is 4.19. The summed E-state index contributed by atoms with van der Waals surface area (Å²) >= 11 is 23.0. The Kier molecular flexibility index (Phi) is 4.33. The SMILES string of the molecule is C=Cc1cccc(C(Cl)=C(Cl)Cl)c1Cl. The molecule has 0 radical (unpaired) electrons. The Morgan fingerprint density at radius 2 is 1.86 bits per heavy atom. The van der Waals surface area contributed by atoms with Crippen LogP contribution in [0.2, 0.25) is 5.02 Å². The smallest absolute Gasteiger partial charge is 0.0984 e. The lowest BCUT2D eigenvalue weighted by Gasteiger charge is -2.05. The van der Waals surface area contributed by atoms with E-state index in [1.807, 2.05) is 6.07 Å². The van der Waals surface area contributed by atoms with Crippen molar-refractivity contribution in [1.82, 2.24) is 0 Å². The van der Waals surface area contributed by atoms with Gasteiger partial charge in [-0.1, -0.05) is 77.3 Å². The van der Waals surface area contributed by atoms with Crippen LogP contribution in [-0.2, 0) is 0 Å². The zero-order valence-electron chi connectivity index (χ0n) is 7.03. The van der Waals surface area contributed by atoms with Crippen LogP contribution < -0.4 is 0 Å². The minimum Gasteiger partial charge on any atom is -0.0984 e. The first-order valence-corrected chi connectivity index (χ1v) is 5.21. The van der Waals surface area contributed by atoms with E-state index in [1.54, 1.807) is 18.2 Å². The van der Waals surface area contributed by atoms with Crippen molar-refractivity contribution in [2.24, 2.45) is 0 Å². The van der Waals surface area contributed by atoms with Gasteiger partial charge in [0.05, 0.1) is 10.1 Å². The van der Waals surface area contributed by atoms with Crippen molar-refractivity contribution in [3.8, 4) is 0 Å². The third-order valence-electron chi connectivity index (χ3n) is 1.65. The van der Waals surface area contributed by atoms with E-state index >= 15 is 0 Å². The second kappa shape index (κ2) is 5.09. The molecular weight excluding hydrogens is 262 g/mol. The van der Waals surface area contributed by atoms with E-state index in [1.165, 1.54) is 0 Å². The molecule has 0 aliphatic carbocycles. The van der Waals surface area contributed by atoms with E-state index in [-0.39, 0.29) is 9.52 Å². The van der Waals surface area contributed by atoms with E-state index < -0.39 is 0 Å². The Bertz CT molecular complexity index is 389.